The maximum atomic E-state index is 12.2. The van der Waals surface area contributed by atoms with Crippen LogP contribution in [-0.4, -0.2) is 20.4 Å². The van der Waals surface area contributed by atoms with E-state index >= 15 is 0 Å². The highest BCUT2D eigenvalue weighted by molar-refractivity contribution is 7.16. The van der Waals surface area contributed by atoms with Gasteiger partial charge in [-0.05, 0) is 23.6 Å². The molecule has 1 N–H and O–H groups in total. The number of hydrogen-bond donors (Lipinski definition) is 1. The fourth-order valence-electron chi connectivity index (χ4n) is 1.83. The number of hydrogen-bond acceptors (Lipinski definition) is 5. The molecule has 0 radical (unpaired) electrons. The quantitative estimate of drug-likeness (QED) is 0.750. The summed E-state index contributed by atoms with van der Waals surface area (Å²) in [5.74, 6) is -0.372. The number of amides is 1. The molecule has 21 heavy (non-hydrogen) atoms. The first kappa shape index (κ1) is 13.7. The van der Waals surface area contributed by atoms with Crippen LogP contribution < -0.4 is 10.9 Å². The zero-order valence-corrected chi connectivity index (χ0v) is 12.2. The molecule has 0 unspecified atom stereocenters. The van der Waals surface area contributed by atoms with Crippen molar-refractivity contribution in [3.05, 3.63) is 51.6 Å². The van der Waals surface area contributed by atoms with Crippen molar-refractivity contribution < 1.29 is 4.79 Å². The van der Waals surface area contributed by atoms with Gasteiger partial charge in [-0.1, -0.05) is 11.6 Å². The Morgan fingerprint density at radius 2 is 2.24 bits per heavy atom. The van der Waals surface area contributed by atoms with Gasteiger partial charge in [0.25, 0.3) is 5.56 Å². The highest BCUT2D eigenvalue weighted by Gasteiger charge is 2.10. The Hall–Kier alpha value is -2.25. The minimum Gasteiger partial charge on any atom is -0.322 e. The molecule has 0 atom stereocenters. The summed E-state index contributed by atoms with van der Waals surface area (Å²) < 4.78 is 1.26. The molecule has 0 saturated heterocycles. The first-order valence-corrected chi connectivity index (χ1v) is 7.24. The number of fused-ring (bicyclic) bond motifs is 1. The minimum absolute atomic E-state index is 0.136. The zero-order chi connectivity index (χ0) is 14.8. The molecule has 0 spiro atoms. The average Bonchev–Trinajstić information content (AvgIpc) is 2.94. The van der Waals surface area contributed by atoms with Crippen molar-refractivity contribution in [2.75, 3.05) is 5.32 Å². The van der Waals surface area contributed by atoms with Gasteiger partial charge in [0.1, 0.15) is 11.4 Å². The third-order valence-electron chi connectivity index (χ3n) is 2.80. The molecule has 3 aromatic rings. The van der Waals surface area contributed by atoms with Gasteiger partial charge < -0.3 is 5.32 Å². The van der Waals surface area contributed by atoms with Crippen LogP contribution in [0.4, 0.5) is 5.69 Å². The van der Waals surface area contributed by atoms with Gasteiger partial charge in [-0.3, -0.25) is 14.2 Å². The SMILES string of the molecule is O=C(Cn1cnc2sccc2c1=O)Nc1cccnc1Cl. The Labute approximate surface area is 128 Å². The smallest absolute Gasteiger partial charge is 0.262 e. The van der Waals surface area contributed by atoms with Crippen molar-refractivity contribution in [2.24, 2.45) is 0 Å². The number of rotatable bonds is 3. The molecule has 1 amide bonds. The molecule has 0 bridgehead atoms. The van der Waals surface area contributed by atoms with Crippen LogP contribution in [0.3, 0.4) is 0 Å². The lowest BCUT2D eigenvalue weighted by atomic mass is 10.4. The summed E-state index contributed by atoms with van der Waals surface area (Å²) in [5, 5.41) is 5.11. The predicted molar refractivity (Wildman–Crippen MR) is 81.8 cm³/mol. The van der Waals surface area contributed by atoms with E-state index in [-0.39, 0.29) is 23.2 Å². The zero-order valence-electron chi connectivity index (χ0n) is 10.6. The molecule has 3 aromatic heterocycles. The Bertz CT molecular complexity index is 874. The molecule has 0 aromatic carbocycles. The Morgan fingerprint density at radius 3 is 3.05 bits per heavy atom. The van der Waals surface area contributed by atoms with Crippen LogP contribution in [-0.2, 0) is 11.3 Å². The summed E-state index contributed by atoms with van der Waals surface area (Å²) in [7, 11) is 0. The number of pyridine rings is 1. The maximum absolute atomic E-state index is 12.2. The predicted octanol–water partition coefficient (Wildman–Crippen LogP) is 2.15. The number of nitrogens with zero attached hydrogens (tertiary/aromatic N) is 3. The third kappa shape index (κ3) is 2.79. The van der Waals surface area contributed by atoms with Crippen LogP contribution in [0.15, 0.2) is 40.9 Å². The molecule has 106 valence electrons. The van der Waals surface area contributed by atoms with E-state index in [0.717, 1.165) is 0 Å². The van der Waals surface area contributed by atoms with E-state index in [4.69, 9.17) is 11.6 Å². The summed E-state index contributed by atoms with van der Waals surface area (Å²) in [6, 6.07) is 4.99. The number of thiophene rings is 1. The van der Waals surface area contributed by atoms with Crippen LogP contribution >= 0.6 is 22.9 Å². The third-order valence-corrected chi connectivity index (χ3v) is 3.92. The lowest BCUT2D eigenvalue weighted by molar-refractivity contribution is -0.116. The molecule has 0 saturated carbocycles. The van der Waals surface area contributed by atoms with Gasteiger partial charge in [-0.25, -0.2) is 9.97 Å². The van der Waals surface area contributed by atoms with Gasteiger partial charge in [0.2, 0.25) is 5.91 Å². The number of halogens is 1. The van der Waals surface area contributed by atoms with Gasteiger partial charge in [0, 0.05) is 6.20 Å². The molecular weight excluding hydrogens is 312 g/mol. The van der Waals surface area contributed by atoms with E-state index in [1.807, 2.05) is 0 Å². The van der Waals surface area contributed by atoms with E-state index in [2.05, 4.69) is 15.3 Å². The van der Waals surface area contributed by atoms with Gasteiger partial charge in [0.05, 0.1) is 17.4 Å². The second-order valence-electron chi connectivity index (χ2n) is 4.21. The van der Waals surface area contributed by atoms with Crippen LogP contribution in [0.5, 0.6) is 0 Å². The van der Waals surface area contributed by atoms with Crippen LogP contribution in [0.1, 0.15) is 0 Å². The number of carbonyl (C=O) groups is 1. The van der Waals surface area contributed by atoms with Gasteiger partial charge in [-0.2, -0.15) is 0 Å². The second-order valence-corrected chi connectivity index (χ2v) is 5.46. The largest absolute Gasteiger partial charge is 0.322 e. The van der Waals surface area contributed by atoms with Gasteiger partial charge in [0.15, 0.2) is 5.15 Å². The minimum atomic E-state index is -0.372. The maximum Gasteiger partial charge on any atom is 0.262 e. The van der Waals surface area contributed by atoms with E-state index in [9.17, 15) is 9.59 Å². The topological polar surface area (TPSA) is 76.9 Å². The summed E-state index contributed by atoms with van der Waals surface area (Å²) in [4.78, 5) is 32.8. The van der Waals surface area contributed by atoms with Crippen LogP contribution in [0.25, 0.3) is 10.2 Å². The lowest BCUT2D eigenvalue weighted by Gasteiger charge is -2.07. The number of nitrogens with one attached hydrogen (secondary N) is 1. The van der Waals surface area contributed by atoms with E-state index in [1.54, 1.807) is 23.6 Å². The number of anilines is 1. The fourth-order valence-corrected chi connectivity index (χ4v) is 2.72. The van der Waals surface area contributed by atoms with Crippen molar-refractivity contribution in [1.29, 1.82) is 0 Å². The Kier molecular flexibility index (Phi) is 3.68. The average molecular weight is 321 g/mol. The number of aromatic nitrogens is 3. The molecular formula is C13H9ClN4O2S. The summed E-state index contributed by atoms with van der Waals surface area (Å²) in [6.45, 7) is -0.136. The molecule has 0 aliphatic rings. The highest BCUT2D eigenvalue weighted by atomic mass is 35.5. The summed E-state index contributed by atoms with van der Waals surface area (Å²) >= 11 is 7.24. The van der Waals surface area contributed by atoms with Crippen molar-refractivity contribution in [3.63, 3.8) is 0 Å². The van der Waals surface area contributed by atoms with E-state index in [0.29, 0.717) is 15.9 Å². The standard InChI is InChI=1S/C13H9ClN4O2S/c14-11-9(2-1-4-15-11)17-10(19)6-18-7-16-12-8(13(18)20)3-5-21-12/h1-5,7H,6H2,(H,17,19). The van der Waals surface area contributed by atoms with Gasteiger partial charge >= 0.3 is 0 Å². The van der Waals surface area contributed by atoms with Crippen molar-refractivity contribution in [1.82, 2.24) is 14.5 Å². The number of carbonyl (C=O) groups excluding carboxylic acids is 1. The Balaban J connectivity index is 1.82. The monoisotopic (exact) mass is 320 g/mol. The molecule has 0 fully saturated rings. The van der Waals surface area contributed by atoms with Crippen molar-refractivity contribution in [3.8, 4) is 0 Å². The van der Waals surface area contributed by atoms with Crippen LogP contribution in [0, 0.1) is 0 Å². The molecule has 3 rings (SSSR count). The molecule has 0 aliphatic heterocycles. The van der Waals surface area contributed by atoms with Crippen molar-refractivity contribution >= 4 is 44.7 Å². The molecule has 3 heterocycles. The molecule has 0 aliphatic carbocycles. The van der Waals surface area contributed by atoms with Crippen LogP contribution in [0.2, 0.25) is 5.15 Å². The first-order valence-electron chi connectivity index (χ1n) is 5.98. The van der Waals surface area contributed by atoms with Gasteiger partial charge in [-0.15, -0.1) is 11.3 Å². The van der Waals surface area contributed by atoms with E-state index < -0.39 is 0 Å². The normalized spacial score (nSPS) is 10.7. The lowest BCUT2D eigenvalue weighted by Crippen LogP contribution is -2.27. The Morgan fingerprint density at radius 1 is 1.38 bits per heavy atom. The van der Waals surface area contributed by atoms with Crippen molar-refractivity contribution in [2.45, 2.75) is 6.54 Å². The second kappa shape index (κ2) is 5.63. The first-order chi connectivity index (χ1) is 10.1. The summed E-state index contributed by atoms with van der Waals surface area (Å²) in [6.07, 6.45) is 2.89. The highest BCUT2D eigenvalue weighted by Crippen LogP contribution is 2.17. The molecule has 6 nitrogen and oxygen atoms in total. The summed E-state index contributed by atoms with van der Waals surface area (Å²) in [5.41, 5.74) is 0.162. The fraction of sp³-hybridized carbons (Fsp3) is 0.0769. The van der Waals surface area contributed by atoms with E-state index in [1.165, 1.54) is 28.4 Å². The molecule has 8 heteroatoms.